The first-order valence-electron chi connectivity index (χ1n) is 10.7. The average Bonchev–Trinajstić information content (AvgIpc) is 3.29. The highest BCUT2D eigenvalue weighted by Gasteiger charge is 2.24. The maximum atomic E-state index is 12.5. The number of methoxy groups -OCH3 is 1. The van der Waals surface area contributed by atoms with Crippen LogP contribution < -0.4 is 15.4 Å². The van der Waals surface area contributed by atoms with Crippen LogP contribution in [-0.4, -0.2) is 39.3 Å². The average molecular weight is 451 g/mol. The Morgan fingerprint density at radius 2 is 1.79 bits per heavy atom. The molecular weight excluding hydrogens is 426 g/mol. The summed E-state index contributed by atoms with van der Waals surface area (Å²) in [4.78, 5) is 27.4. The molecule has 1 aromatic carbocycles. The number of hydrogen-bond donors (Lipinski definition) is 3. The second kappa shape index (κ2) is 10.1. The van der Waals surface area contributed by atoms with Crippen molar-refractivity contribution >= 4 is 29.3 Å². The van der Waals surface area contributed by atoms with Gasteiger partial charge in [-0.15, -0.1) is 5.10 Å². The highest BCUT2D eigenvalue weighted by atomic mass is 16.5. The van der Waals surface area contributed by atoms with Gasteiger partial charge in [0.05, 0.1) is 19.0 Å². The zero-order chi connectivity index (χ0) is 23.2. The van der Waals surface area contributed by atoms with Crippen molar-refractivity contribution in [1.82, 2.24) is 15.2 Å². The van der Waals surface area contributed by atoms with Crippen LogP contribution in [0.3, 0.4) is 0 Å². The Kier molecular flexibility index (Phi) is 6.82. The quantitative estimate of drug-likeness (QED) is 0.459. The predicted octanol–water partition coefficient (Wildman–Crippen LogP) is 4.22. The number of carbonyl (C=O) groups is 2. The number of nitrogens with one attached hydrogen (secondary N) is 2. The minimum Gasteiger partial charge on any atom is -0.481 e. The van der Waals surface area contributed by atoms with E-state index >= 15 is 0 Å². The fraction of sp³-hybridized carbons (Fsp3) is 0.348. The summed E-state index contributed by atoms with van der Waals surface area (Å²) < 4.78 is 10.4. The van der Waals surface area contributed by atoms with Gasteiger partial charge in [0.15, 0.2) is 0 Å². The van der Waals surface area contributed by atoms with E-state index in [1.165, 1.54) is 12.7 Å². The lowest BCUT2D eigenvalue weighted by molar-refractivity contribution is -0.138. The summed E-state index contributed by atoms with van der Waals surface area (Å²) >= 11 is 0. The van der Waals surface area contributed by atoms with Crippen molar-refractivity contribution in [2.24, 2.45) is 5.92 Å². The summed E-state index contributed by atoms with van der Waals surface area (Å²) in [6.45, 7) is 0. The Hall–Kier alpha value is -3.95. The fourth-order valence-corrected chi connectivity index (χ4v) is 4.03. The van der Waals surface area contributed by atoms with Crippen molar-refractivity contribution in [3.63, 3.8) is 0 Å². The number of ether oxygens (including phenoxy) is 1. The second-order valence-electron chi connectivity index (χ2n) is 8.02. The molecule has 2 heterocycles. The molecule has 4 rings (SSSR count). The lowest BCUT2D eigenvalue weighted by atomic mass is 9.77. The Balaban J connectivity index is 1.30. The van der Waals surface area contributed by atoms with Crippen molar-refractivity contribution in [1.29, 1.82) is 0 Å². The van der Waals surface area contributed by atoms with Crippen molar-refractivity contribution in [2.45, 2.75) is 38.0 Å². The highest BCUT2D eigenvalue weighted by molar-refractivity contribution is 6.00. The van der Waals surface area contributed by atoms with Crippen molar-refractivity contribution in [2.75, 3.05) is 17.7 Å². The standard InChI is InChI=1S/C23H25N5O5/c1-32-19-11-10-18(13-24-19)26-23-28-27-22(33-23)21(31)25-17-8-6-16(7-9-17)15-4-2-14(3-5-15)12-20(29)30/h6-11,13-15H,2-5,12H2,1H3,(H,25,31)(H,26,28)(H,29,30). The lowest BCUT2D eigenvalue weighted by Gasteiger charge is -2.28. The number of carboxylic acids is 1. The number of rotatable bonds is 8. The minimum atomic E-state index is -0.722. The van der Waals surface area contributed by atoms with Crippen LogP contribution in [0, 0.1) is 5.92 Å². The van der Waals surface area contributed by atoms with E-state index in [0.29, 0.717) is 23.2 Å². The molecule has 0 atom stereocenters. The summed E-state index contributed by atoms with van der Waals surface area (Å²) in [5, 5.41) is 22.2. The molecule has 0 radical (unpaired) electrons. The largest absolute Gasteiger partial charge is 0.481 e. The van der Waals surface area contributed by atoms with E-state index in [9.17, 15) is 9.59 Å². The predicted molar refractivity (Wildman–Crippen MR) is 120 cm³/mol. The summed E-state index contributed by atoms with van der Waals surface area (Å²) in [6.07, 6.45) is 5.60. The molecule has 1 fully saturated rings. The molecule has 172 valence electrons. The first-order chi connectivity index (χ1) is 16.0. The third-order valence-corrected chi connectivity index (χ3v) is 5.77. The van der Waals surface area contributed by atoms with Gasteiger partial charge in [0.1, 0.15) is 0 Å². The number of aromatic nitrogens is 3. The first-order valence-corrected chi connectivity index (χ1v) is 10.7. The number of amides is 1. The normalized spacial score (nSPS) is 17.8. The topological polar surface area (TPSA) is 139 Å². The summed E-state index contributed by atoms with van der Waals surface area (Å²) in [5.74, 6) is -0.238. The molecule has 10 nitrogen and oxygen atoms in total. The summed E-state index contributed by atoms with van der Waals surface area (Å²) in [6, 6.07) is 11.2. The lowest BCUT2D eigenvalue weighted by Crippen LogP contribution is -2.16. The number of nitrogens with zero attached hydrogens (tertiary/aromatic N) is 3. The zero-order valence-electron chi connectivity index (χ0n) is 18.2. The van der Waals surface area contributed by atoms with Crippen LogP contribution in [0.5, 0.6) is 5.88 Å². The fourth-order valence-electron chi connectivity index (χ4n) is 4.03. The molecule has 3 aromatic rings. The third-order valence-electron chi connectivity index (χ3n) is 5.77. The van der Waals surface area contributed by atoms with E-state index in [1.807, 2.05) is 24.3 Å². The van der Waals surface area contributed by atoms with Crippen LogP contribution in [-0.2, 0) is 4.79 Å². The van der Waals surface area contributed by atoms with Crippen molar-refractivity contribution in [3.8, 4) is 5.88 Å². The first kappa shape index (κ1) is 22.3. The minimum absolute atomic E-state index is 0.0703. The molecule has 3 N–H and O–H groups in total. The molecular formula is C23H25N5O5. The van der Waals surface area contributed by atoms with Gasteiger partial charge in [0.25, 0.3) is 0 Å². The smallest absolute Gasteiger partial charge is 0.320 e. The van der Waals surface area contributed by atoms with Gasteiger partial charge in [-0.25, -0.2) is 4.98 Å². The van der Waals surface area contributed by atoms with E-state index in [2.05, 4.69) is 25.8 Å². The Bertz CT molecular complexity index is 1090. The second-order valence-corrected chi connectivity index (χ2v) is 8.02. The Labute approximate surface area is 190 Å². The van der Waals surface area contributed by atoms with E-state index in [1.54, 1.807) is 18.3 Å². The van der Waals surface area contributed by atoms with Gasteiger partial charge in [0.2, 0.25) is 5.88 Å². The van der Waals surface area contributed by atoms with Gasteiger partial charge >= 0.3 is 23.8 Å². The van der Waals surface area contributed by atoms with E-state index in [4.69, 9.17) is 14.3 Å². The number of carboxylic acid groups (broad SMARTS) is 1. The maximum absolute atomic E-state index is 12.5. The molecule has 10 heteroatoms. The molecule has 1 aliphatic rings. The van der Waals surface area contributed by atoms with E-state index < -0.39 is 11.9 Å². The molecule has 33 heavy (non-hydrogen) atoms. The van der Waals surface area contributed by atoms with Gasteiger partial charge in [0, 0.05) is 18.2 Å². The molecule has 1 saturated carbocycles. The maximum Gasteiger partial charge on any atom is 0.320 e. The van der Waals surface area contributed by atoms with E-state index in [-0.39, 0.29) is 24.2 Å². The molecule has 0 aliphatic heterocycles. The molecule has 2 aromatic heterocycles. The van der Waals surface area contributed by atoms with Gasteiger partial charge < -0.3 is 24.9 Å². The highest BCUT2D eigenvalue weighted by Crippen LogP contribution is 2.37. The van der Waals surface area contributed by atoms with E-state index in [0.717, 1.165) is 25.7 Å². The number of carbonyl (C=O) groups excluding carboxylic acids is 1. The molecule has 0 spiro atoms. The van der Waals surface area contributed by atoms with Crippen LogP contribution in [0.25, 0.3) is 0 Å². The number of pyridine rings is 1. The monoisotopic (exact) mass is 451 g/mol. The van der Waals surface area contributed by atoms with Crippen LogP contribution in [0.2, 0.25) is 0 Å². The Morgan fingerprint density at radius 1 is 1.06 bits per heavy atom. The van der Waals surface area contributed by atoms with Gasteiger partial charge in [-0.2, -0.15) is 0 Å². The number of aliphatic carboxylic acids is 1. The van der Waals surface area contributed by atoms with Gasteiger partial charge in [-0.3, -0.25) is 9.59 Å². The number of hydrogen-bond acceptors (Lipinski definition) is 8. The SMILES string of the molecule is COc1ccc(Nc2nnc(C(=O)Nc3ccc(C4CCC(CC(=O)O)CC4)cc3)o2)cn1. The Morgan fingerprint density at radius 3 is 2.42 bits per heavy atom. The molecule has 0 bridgehead atoms. The van der Waals surface area contributed by atoms with Gasteiger partial charge in [-0.1, -0.05) is 17.2 Å². The van der Waals surface area contributed by atoms with Crippen molar-refractivity contribution in [3.05, 3.63) is 54.0 Å². The summed E-state index contributed by atoms with van der Waals surface area (Å²) in [5.41, 5.74) is 2.42. The number of benzene rings is 1. The number of anilines is 3. The van der Waals surface area contributed by atoms with Crippen LogP contribution in [0.1, 0.15) is 54.3 Å². The van der Waals surface area contributed by atoms with Crippen LogP contribution in [0.4, 0.5) is 17.4 Å². The zero-order valence-corrected chi connectivity index (χ0v) is 18.2. The molecule has 1 amide bonds. The third kappa shape index (κ3) is 5.85. The van der Waals surface area contributed by atoms with Crippen LogP contribution >= 0.6 is 0 Å². The molecule has 0 unspecified atom stereocenters. The van der Waals surface area contributed by atoms with Crippen molar-refractivity contribution < 1.29 is 23.8 Å². The molecule has 0 saturated heterocycles. The van der Waals surface area contributed by atoms with Crippen LogP contribution in [0.15, 0.2) is 47.0 Å². The van der Waals surface area contributed by atoms with Gasteiger partial charge in [-0.05, 0) is 61.3 Å². The molecule has 1 aliphatic carbocycles. The summed E-state index contributed by atoms with van der Waals surface area (Å²) in [7, 11) is 1.53.